The fourth-order valence-corrected chi connectivity index (χ4v) is 3.00. The Bertz CT molecular complexity index is 728. The molecule has 0 aliphatic heterocycles. The molecule has 1 aromatic heterocycles. The van der Waals surface area contributed by atoms with Crippen molar-refractivity contribution in [2.45, 2.75) is 24.8 Å². The van der Waals surface area contributed by atoms with Crippen molar-refractivity contribution in [3.8, 4) is 0 Å². The van der Waals surface area contributed by atoms with E-state index in [0.29, 0.717) is 10.2 Å². The van der Waals surface area contributed by atoms with Crippen LogP contribution in [0.2, 0.25) is 0 Å². The summed E-state index contributed by atoms with van der Waals surface area (Å²) in [6.07, 6.45) is 2.94. The smallest absolute Gasteiger partial charge is 0.264 e. The average molecular weight is 362 g/mol. The van der Waals surface area contributed by atoms with Crippen molar-refractivity contribution in [2.24, 2.45) is 0 Å². The van der Waals surface area contributed by atoms with E-state index in [-0.39, 0.29) is 6.04 Å². The standard InChI is InChI=1S/C12H13BrFN3O2S/c1-8(2)17-7-10(6-15-17)16-20(18,19)12-4-3-9(13)5-11(12)14/h3-8,16H,1-2H3. The molecule has 2 rings (SSSR count). The molecule has 2 aromatic rings. The maximum Gasteiger partial charge on any atom is 0.264 e. The van der Waals surface area contributed by atoms with Gasteiger partial charge < -0.3 is 0 Å². The predicted octanol–water partition coefficient (Wildman–Crippen LogP) is 3.17. The molecule has 108 valence electrons. The minimum absolute atomic E-state index is 0.109. The first kappa shape index (κ1) is 15.0. The molecule has 0 spiro atoms. The van der Waals surface area contributed by atoms with Gasteiger partial charge in [0.05, 0.1) is 11.9 Å². The van der Waals surface area contributed by atoms with Crippen molar-refractivity contribution < 1.29 is 12.8 Å². The van der Waals surface area contributed by atoms with Crippen molar-refractivity contribution in [2.75, 3.05) is 4.72 Å². The van der Waals surface area contributed by atoms with E-state index in [1.54, 1.807) is 10.9 Å². The normalized spacial score (nSPS) is 11.8. The maximum absolute atomic E-state index is 13.7. The highest BCUT2D eigenvalue weighted by atomic mass is 79.9. The highest BCUT2D eigenvalue weighted by Crippen LogP contribution is 2.22. The van der Waals surface area contributed by atoms with E-state index in [2.05, 4.69) is 25.8 Å². The summed E-state index contributed by atoms with van der Waals surface area (Å²) in [4.78, 5) is -0.405. The van der Waals surface area contributed by atoms with E-state index in [9.17, 15) is 12.8 Å². The van der Waals surface area contributed by atoms with Gasteiger partial charge in [0.25, 0.3) is 10.0 Å². The van der Waals surface area contributed by atoms with Crippen LogP contribution in [-0.4, -0.2) is 18.2 Å². The molecule has 20 heavy (non-hydrogen) atoms. The van der Waals surface area contributed by atoms with Crippen LogP contribution in [0.1, 0.15) is 19.9 Å². The second-order valence-electron chi connectivity index (χ2n) is 4.48. The number of hydrogen-bond acceptors (Lipinski definition) is 3. The summed E-state index contributed by atoms with van der Waals surface area (Å²) in [5.41, 5.74) is 0.293. The first-order chi connectivity index (χ1) is 9.29. The lowest BCUT2D eigenvalue weighted by molar-refractivity contribution is 0.532. The third-order valence-electron chi connectivity index (χ3n) is 2.57. The summed E-state index contributed by atoms with van der Waals surface area (Å²) in [6, 6.07) is 3.88. The van der Waals surface area contributed by atoms with E-state index >= 15 is 0 Å². The van der Waals surface area contributed by atoms with Gasteiger partial charge in [0.15, 0.2) is 0 Å². The second kappa shape index (κ2) is 5.53. The van der Waals surface area contributed by atoms with E-state index < -0.39 is 20.7 Å². The van der Waals surface area contributed by atoms with E-state index in [0.717, 1.165) is 6.07 Å². The van der Waals surface area contributed by atoms with Gasteiger partial charge in [0.1, 0.15) is 10.7 Å². The molecule has 1 aromatic carbocycles. The molecule has 0 bridgehead atoms. The molecule has 0 saturated carbocycles. The topological polar surface area (TPSA) is 64.0 Å². The first-order valence-corrected chi connectivity index (χ1v) is 8.09. The van der Waals surface area contributed by atoms with Crippen LogP contribution in [0.3, 0.4) is 0 Å². The largest absolute Gasteiger partial charge is 0.276 e. The molecule has 1 heterocycles. The minimum atomic E-state index is -3.97. The number of hydrogen-bond donors (Lipinski definition) is 1. The minimum Gasteiger partial charge on any atom is -0.276 e. The van der Waals surface area contributed by atoms with Crippen LogP contribution < -0.4 is 4.72 Å². The van der Waals surface area contributed by atoms with Crippen molar-refractivity contribution in [1.82, 2.24) is 9.78 Å². The number of sulfonamides is 1. The zero-order valence-corrected chi connectivity index (χ0v) is 13.2. The van der Waals surface area contributed by atoms with Crippen LogP contribution in [0, 0.1) is 5.82 Å². The van der Waals surface area contributed by atoms with E-state index in [1.807, 2.05) is 13.8 Å². The number of nitrogens with zero attached hydrogens (tertiary/aromatic N) is 2. The van der Waals surface area contributed by atoms with Crippen LogP contribution >= 0.6 is 15.9 Å². The van der Waals surface area contributed by atoms with Gasteiger partial charge in [0, 0.05) is 16.7 Å². The van der Waals surface area contributed by atoms with Gasteiger partial charge in [-0.3, -0.25) is 9.40 Å². The Labute approximate surface area is 125 Å². The van der Waals surface area contributed by atoms with E-state index in [4.69, 9.17) is 0 Å². The summed E-state index contributed by atoms with van der Waals surface area (Å²) in [6.45, 7) is 3.83. The molecule has 0 amide bonds. The fourth-order valence-electron chi connectivity index (χ4n) is 1.58. The highest BCUT2D eigenvalue weighted by molar-refractivity contribution is 9.10. The van der Waals surface area contributed by atoms with Crippen molar-refractivity contribution in [3.63, 3.8) is 0 Å². The number of anilines is 1. The first-order valence-electron chi connectivity index (χ1n) is 5.81. The summed E-state index contributed by atoms with van der Waals surface area (Å²) in [5.74, 6) is -0.817. The Morgan fingerprint density at radius 2 is 2.10 bits per heavy atom. The van der Waals surface area contributed by atoms with Gasteiger partial charge in [-0.1, -0.05) is 15.9 Å². The number of benzene rings is 1. The quantitative estimate of drug-likeness (QED) is 0.909. The number of aromatic nitrogens is 2. The Morgan fingerprint density at radius 3 is 2.65 bits per heavy atom. The van der Waals surface area contributed by atoms with Gasteiger partial charge >= 0.3 is 0 Å². The molecular formula is C12H13BrFN3O2S. The zero-order valence-electron chi connectivity index (χ0n) is 10.8. The Hall–Kier alpha value is -1.41. The molecule has 0 atom stereocenters. The average Bonchev–Trinajstić information content (AvgIpc) is 2.76. The lowest BCUT2D eigenvalue weighted by atomic mass is 10.3. The summed E-state index contributed by atoms with van der Waals surface area (Å²) < 4.78 is 42.3. The molecule has 1 N–H and O–H groups in total. The maximum atomic E-state index is 13.7. The van der Waals surface area contributed by atoms with Gasteiger partial charge in [-0.2, -0.15) is 5.10 Å². The van der Waals surface area contributed by atoms with Crippen molar-refractivity contribution in [3.05, 3.63) is 40.9 Å². The third-order valence-corrected chi connectivity index (χ3v) is 4.47. The molecular weight excluding hydrogens is 349 g/mol. The monoisotopic (exact) mass is 361 g/mol. The van der Waals surface area contributed by atoms with Crippen LogP contribution in [-0.2, 0) is 10.0 Å². The summed E-state index contributed by atoms with van der Waals surface area (Å²) in [7, 11) is -3.97. The molecule has 0 fully saturated rings. The molecule has 0 radical (unpaired) electrons. The van der Waals surface area contributed by atoms with Crippen molar-refractivity contribution >= 4 is 31.6 Å². The van der Waals surface area contributed by atoms with Crippen LogP contribution in [0.5, 0.6) is 0 Å². The SMILES string of the molecule is CC(C)n1cc(NS(=O)(=O)c2ccc(Br)cc2F)cn1. The zero-order chi connectivity index (χ0) is 14.9. The van der Waals surface area contributed by atoms with Crippen LogP contribution in [0.4, 0.5) is 10.1 Å². The predicted molar refractivity (Wildman–Crippen MR) is 77.5 cm³/mol. The van der Waals surface area contributed by atoms with Gasteiger partial charge in [-0.15, -0.1) is 0 Å². The van der Waals surface area contributed by atoms with Gasteiger partial charge in [0.2, 0.25) is 0 Å². The van der Waals surface area contributed by atoms with Crippen LogP contribution in [0.25, 0.3) is 0 Å². The fraction of sp³-hybridized carbons (Fsp3) is 0.250. The Kier molecular flexibility index (Phi) is 4.14. The number of rotatable bonds is 4. The highest BCUT2D eigenvalue weighted by Gasteiger charge is 2.20. The van der Waals surface area contributed by atoms with Gasteiger partial charge in [-0.05, 0) is 32.0 Å². The second-order valence-corrected chi connectivity index (χ2v) is 7.05. The number of halogens is 2. The molecule has 5 nitrogen and oxygen atoms in total. The molecule has 0 saturated heterocycles. The third kappa shape index (κ3) is 3.18. The Morgan fingerprint density at radius 1 is 1.40 bits per heavy atom. The van der Waals surface area contributed by atoms with Crippen LogP contribution in [0.15, 0.2) is 40.0 Å². The van der Waals surface area contributed by atoms with Crippen molar-refractivity contribution in [1.29, 1.82) is 0 Å². The van der Waals surface area contributed by atoms with Gasteiger partial charge in [-0.25, -0.2) is 12.8 Å². The number of nitrogens with one attached hydrogen (secondary N) is 1. The Balaban J connectivity index is 2.30. The lowest BCUT2D eigenvalue weighted by Crippen LogP contribution is -2.14. The molecule has 0 aliphatic carbocycles. The van der Waals surface area contributed by atoms with E-state index in [1.165, 1.54) is 18.3 Å². The molecule has 0 unspecified atom stereocenters. The lowest BCUT2D eigenvalue weighted by Gasteiger charge is -2.07. The molecule has 8 heteroatoms. The summed E-state index contributed by atoms with van der Waals surface area (Å²) in [5, 5.41) is 4.02. The summed E-state index contributed by atoms with van der Waals surface area (Å²) >= 11 is 3.08. The molecule has 0 aliphatic rings.